The molecule has 4 nitrogen and oxygen atoms in total. The van der Waals surface area contributed by atoms with Gasteiger partial charge in [0.15, 0.2) is 0 Å². The van der Waals surface area contributed by atoms with E-state index in [0.29, 0.717) is 0 Å². The Labute approximate surface area is 162 Å². The summed E-state index contributed by atoms with van der Waals surface area (Å²) in [6, 6.07) is 14.5. The Morgan fingerprint density at radius 3 is 2.44 bits per heavy atom. The average molecular weight is 364 g/mol. The predicted molar refractivity (Wildman–Crippen MR) is 113 cm³/mol. The highest BCUT2D eigenvalue weighted by atomic mass is 16.5. The van der Waals surface area contributed by atoms with Gasteiger partial charge in [0.05, 0.1) is 12.1 Å². The Morgan fingerprint density at radius 2 is 1.59 bits per heavy atom. The first-order valence-electron chi connectivity index (χ1n) is 9.87. The second-order valence-electron chi connectivity index (χ2n) is 7.11. The standard InChI is InChI=1S/C23H29N3O/c1-18-14-19(2)16-20(15-18)27-13-9-5-3-4-8-12-24-23-21-10-6-7-11-22(21)25-17-26-23/h6-7,10-11,14-17H,3-5,8-9,12-13H2,1-2H3,(H,24,25,26). The van der Waals surface area contributed by atoms with Gasteiger partial charge in [0.2, 0.25) is 0 Å². The molecule has 0 aliphatic rings. The molecule has 0 unspecified atom stereocenters. The third kappa shape index (κ3) is 5.95. The SMILES string of the molecule is Cc1cc(C)cc(OCCCCCCCNc2ncnc3ccccc23)c1. The van der Waals surface area contributed by atoms with Crippen LogP contribution in [0.25, 0.3) is 10.9 Å². The molecule has 142 valence electrons. The molecule has 0 saturated heterocycles. The van der Waals surface area contributed by atoms with Crippen LogP contribution in [0.15, 0.2) is 48.8 Å². The van der Waals surface area contributed by atoms with Gasteiger partial charge in [-0.3, -0.25) is 0 Å². The lowest BCUT2D eigenvalue weighted by molar-refractivity contribution is 0.304. The van der Waals surface area contributed by atoms with Gasteiger partial charge in [-0.25, -0.2) is 9.97 Å². The molecule has 0 aliphatic carbocycles. The number of fused-ring (bicyclic) bond motifs is 1. The second kappa shape index (κ2) is 9.91. The normalized spacial score (nSPS) is 10.9. The predicted octanol–water partition coefficient (Wildman–Crippen LogP) is 5.69. The van der Waals surface area contributed by atoms with Crippen LogP contribution >= 0.6 is 0 Å². The summed E-state index contributed by atoms with van der Waals surface area (Å²) >= 11 is 0. The topological polar surface area (TPSA) is 47.0 Å². The minimum Gasteiger partial charge on any atom is -0.494 e. The summed E-state index contributed by atoms with van der Waals surface area (Å²) in [5.74, 6) is 1.93. The average Bonchev–Trinajstić information content (AvgIpc) is 2.66. The van der Waals surface area contributed by atoms with Crippen molar-refractivity contribution < 1.29 is 4.74 Å². The molecule has 0 atom stereocenters. The number of rotatable bonds is 10. The third-order valence-corrected chi connectivity index (χ3v) is 4.62. The first-order valence-corrected chi connectivity index (χ1v) is 9.87. The smallest absolute Gasteiger partial charge is 0.137 e. The van der Waals surface area contributed by atoms with Gasteiger partial charge in [-0.2, -0.15) is 0 Å². The molecule has 0 spiro atoms. The van der Waals surface area contributed by atoms with E-state index in [1.54, 1.807) is 6.33 Å². The third-order valence-electron chi connectivity index (χ3n) is 4.62. The van der Waals surface area contributed by atoms with Crippen molar-refractivity contribution in [1.82, 2.24) is 9.97 Å². The van der Waals surface area contributed by atoms with E-state index < -0.39 is 0 Å². The Balaban J connectivity index is 1.27. The molecule has 1 aromatic heterocycles. The molecule has 27 heavy (non-hydrogen) atoms. The van der Waals surface area contributed by atoms with Crippen molar-refractivity contribution in [3.8, 4) is 5.75 Å². The maximum atomic E-state index is 5.87. The fourth-order valence-electron chi connectivity index (χ4n) is 3.32. The zero-order valence-corrected chi connectivity index (χ0v) is 16.4. The van der Waals surface area contributed by atoms with Crippen molar-refractivity contribution in [2.75, 3.05) is 18.5 Å². The van der Waals surface area contributed by atoms with Gasteiger partial charge in [-0.05, 0) is 62.1 Å². The molecule has 0 fully saturated rings. The molecule has 0 amide bonds. The second-order valence-corrected chi connectivity index (χ2v) is 7.11. The minimum atomic E-state index is 0.800. The van der Waals surface area contributed by atoms with E-state index in [9.17, 15) is 0 Å². The van der Waals surface area contributed by atoms with Crippen molar-refractivity contribution >= 4 is 16.7 Å². The fraction of sp³-hybridized carbons (Fsp3) is 0.391. The minimum absolute atomic E-state index is 0.800. The number of hydrogen-bond acceptors (Lipinski definition) is 4. The molecule has 1 N–H and O–H groups in total. The van der Waals surface area contributed by atoms with Gasteiger partial charge in [-0.1, -0.05) is 37.5 Å². The Hall–Kier alpha value is -2.62. The van der Waals surface area contributed by atoms with E-state index in [2.05, 4.69) is 53.4 Å². The molecular weight excluding hydrogens is 334 g/mol. The van der Waals surface area contributed by atoms with E-state index in [4.69, 9.17) is 4.74 Å². The fourth-order valence-corrected chi connectivity index (χ4v) is 3.32. The van der Waals surface area contributed by atoms with E-state index in [0.717, 1.165) is 48.5 Å². The number of hydrogen-bond donors (Lipinski definition) is 1. The van der Waals surface area contributed by atoms with Crippen molar-refractivity contribution in [2.45, 2.75) is 46.0 Å². The van der Waals surface area contributed by atoms with Crippen LogP contribution in [0.3, 0.4) is 0 Å². The van der Waals surface area contributed by atoms with Crippen LogP contribution in [-0.4, -0.2) is 23.1 Å². The van der Waals surface area contributed by atoms with Gasteiger partial charge in [0, 0.05) is 11.9 Å². The molecule has 0 saturated carbocycles. The number of para-hydroxylation sites is 1. The highest BCUT2D eigenvalue weighted by molar-refractivity contribution is 5.88. The lowest BCUT2D eigenvalue weighted by Gasteiger charge is -2.09. The molecule has 0 aliphatic heterocycles. The Morgan fingerprint density at radius 1 is 0.852 bits per heavy atom. The Kier molecular flexibility index (Phi) is 7.03. The largest absolute Gasteiger partial charge is 0.494 e. The van der Waals surface area contributed by atoms with E-state index in [-0.39, 0.29) is 0 Å². The van der Waals surface area contributed by atoms with Crippen LogP contribution < -0.4 is 10.1 Å². The number of nitrogens with one attached hydrogen (secondary N) is 1. The summed E-state index contributed by atoms with van der Waals surface area (Å²) < 4.78 is 5.87. The van der Waals surface area contributed by atoms with Gasteiger partial charge in [0.1, 0.15) is 17.9 Å². The maximum Gasteiger partial charge on any atom is 0.137 e. The van der Waals surface area contributed by atoms with Gasteiger partial charge >= 0.3 is 0 Å². The van der Waals surface area contributed by atoms with E-state index >= 15 is 0 Å². The number of unbranched alkanes of at least 4 members (excludes halogenated alkanes) is 4. The molecule has 0 radical (unpaired) electrons. The monoisotopic (exact) mass is 363 g/mol. The van der Waals surface area contributed by atoms with Gasteiger partial charge in [-0.15, -0.1) is 0 Å². The quantitative estimate of drug-likeness (QED) is 0.470. The lowest BCUT2D eigenvalue weighted by Crippen LogP contribution is -2.04. The molecule has 3 rings (SSSR count). The van der Waals surface area contributed by atoms with Crippen molar-refractivity contribution in [2.24, 2.45) is 0 Å². The molecule has 2 aromatic carbocycles. The number of ether oxygens (including phenoxy) is 1. The first-order chi connectivity index (χ1) is 13.2. The van der Waals surface area contributed by atoms with Crippen LogP contribution in [0.1, 0.15) is 43.2 Å². The number of aryl methyl sites for hydroxylation is 2. The van der Waals surface area contributed by atoms with E-state index in [1.807, 2.05) is 18.2 Å². The number of aromatic nitrogens is 2. The summed E-state index contributed by atoms with van der Waals surface area (Å²) in [5.41, 5.74) is 3.50. The molecular formula is C23H29N3O. The van der Waals surface area contributed by atoms with Gasteiger partial charge < -0.3 is 10.1 Å². The zero-order valence-electron chi connectivity index (χ0n) is 16.4. The Bertz CT molecular complexity index is 838. The summed E-state index contributed by atoms with van der Waals surface area (Å²) in [6.07, 6.45) is 7.55. The highest BCUT2D eigenvalue weighted by Crippen LogP contribution is 2.19. The van der Waals surface area contributed by atoms with Crippen LogP contribution in [0.5, 0.6) is 5.75 Å². The molecule has 0 bridgehead atoms. The summed E-state index contributed by atoms with van der Waals surface area (Å²) in [6.45, 7) is 5.96. The van der Waals surface area contributed by atoms with Crippen molar-refractivity contribution in [1.29, 1.82) is 0 Å². The molecule has 4 heteroatoms. The highest BCUT2D eigenvalue weighted by Gasteiger charge is 2.02. The summed E-state index contributed by atoms with van der Waals surface area (Å²) in [7, 11) is 0. The van der Waals surface area contributed by atoms with Crippen molar-refractivity contribution in [3.63, 3.8) is 0 Å². The zero-order chi connectivity index (χ0) is 18.9. The summed E-state index contributed by atoms with van der Waals surface area (Å²) in [5, 5.41) is 4.53. The van der Waals surface area contributed by atoms with Gasteiger partial charge in [0.25, 0.3) is 0 Å². The van der Waals surface area contributed by atoms with Crippen LogP contribution in [0.4, 0.5) is 5.82 Å². The number of anilines is 1. The molecule has 3 aromatic rings. The number of nitrogens with zero attached hydrogens (tertiary/aromatic N) is 2. The van der Waals surface area contributed by atoms with Crippen molar-refractivity contribution in [3.05, 3.63) is 59.9 Å². The number of benzene rings is 2. The maximum absolute atomic E-state index is 5.87. The molecule has 1 heterocycles. The first kappa shape index (κ1) is 19.2. The van der Waals surface area contributed by atoms with Crippen LogP contribution in [0, 0.1) is 13.8 Å². The van der Waals surface area contributed by atoms with E-state index in [1.165, 1.54) is 30.4 Å². The van der Waals surface area contributed by atoms with Crippen LogP contribution in [0.2, 0.25) is 0 Å². The lowest BCUT2D eigenvalue weighted by atomic mass is 10.1. The summed E-state index contributed by atoms with van der Waals surface area (Å²) in [4.78, 5) is 8.66. The van der Waals surface area contributed by atoms with Crippen LogP contribution in [-0.2, 0) is 0 Å².